The molecule has 0 unspecified atom stereocenters. The first-order chi connectivity index (χ1) is 12.4. The van der Waals surface area contributed by atoms with E-state index in [0.29, 0.717) is 17.9 Å². The van der Waals surface area contributed by atoms with Crippen LogP contribution in [-0.4, -0.2) is 40.6 Å². The second kappa shape index (κ2) is 8.43. The van der Waals surface area contributed by atoms with Crippen LogP contribution in [0.3, 0.4) is 0 Å². The Labute approximate surface area is 152 Å². The number of nitrogens with zero attached hydrogens (tertiary/aromatic N) is 1. The quantitative estimate of drug-likeness (QED) is 0.537. The lowest BCUT2D eigenvalue weighted by Crippen LogP contribution is -2.18. The van der Waals surface area contributed by atoms with Gasteiger partial charge in [0.1, 0.15) is 5.75 Å². The summed E-state index contributed by atoms with van der Waals surface area (Å²) in [6.07, 6.45) is 1.27. The van der Waals surface area contributed by atoms with Crippen molar-refractivity contribution in [3.8, 4) is 23.0 Å². The molecule has 0 spiro atoms. The molecule has 2 N–H and O–H groups in total. The predicted octanol–water partition coefficient (Wildman–Crippen LogP) is 2.12. The molecule has 26 heavy (non-hydrogen) atoms. The molecule has 0 heterocycles. The van der Waals surface area contributed by atoms with Crippen LogP contribution in [0.5, 0.6) is 23.0 Å². The summed E-state index contributed by atoms with van der Waals surface area (Å²) < 4.78 is 39.8. The summed E-state index contributed by atoms with van der Waals surface area (Å²) in [5, 5.41) is 13.6. The minimum absolute atomic E-state index is 0.0546. The Kier molecular flexibility index (Phi) is 6.29. The van der Waals surface area contributed by atoms with Gasteiger partial charge in [0.25, 0.3) is 10.0 Å². The van der Waals surface area contributed by atoms with Crippen LogP contribution in [0.15, 0.2) is 46.4 Å². The van der Waals surface area contributed by atoms with Gasteiger partial charge in [-0.05, 0) is 43.3 Å². The predicted molar refractivity (Wildman–Crippen MR) is 96.7 cm³/mol. The second-order valence-corrected chi connectivity index (χ2v) is 6.69. The lowest BCUT2D eigenvalue weighted by Gasteiger charge is -2.09. The molecule has 0 aliphatic carbocycles. The number of hydrogen-bond acceptors (Lipinski definition) is 7. The largest absolute Gasteiger partial charge is 0.502 e. The lowest BCUT2D eigenvalue weighted by molar-refractivity contribution is 0.340. The fraction of sp³-hybridized carbons (Fsp3) is 0.235. The van der Waals surface area contributed by atoms with Crippen LogP contribution in [-0.2, 0) is 10.0 Å². The third-order valence-corrected chi connectivity index (χ3v) is 4.57. The molecule has 2 aromatic carbocycles. The number of phenols is 1. The molecule has 0 aliphatic heterocycles. The van der Waals surface area contributed by atoms with E-state index in [1.165, 1.54) is 44.7 Å². The van der Waals surface area contributed by atoms with Gasteiger partial charge in [-0.3, -0.25) is 0 Å². The van der Waals surface area contributed by atoms with Gasteiger partial charge in [-0.25, -0.2) is 4.83 Å². The number of rotatable bonds is 8. The smallest absolute Gasteiger partial charge is 0.276 e. The number of benzene rings is 2. The molecule has 0 fully saturated rings. The van der Waals surface area contributed by atoms with E-state index in [0.717, 1.165) is 0 Å². The summed E-state index contributed by atoms with van der Waals surface area (Å²) >= 11 is 0. The van der Waals surface area contributed by atoms with E-state index < -0.39 is 10.0 Å². The van der Waals surface area contributed by atoms with E-state index in [-0.39, 0.29) is 22.1 Å². The molecule has 0 saturated carbocycles. The van der Waals surface area contributed by atoms with Crippen LogP contribution < -0.4 is 19.0 Å². The van der Waals surface area contributed by atoms with Crippen molar-refractivity contribution in [2.75, 3.05) is 20.8 Å². The van der Waals surface area contributed by atoms with Crippen LogP contribution in [0.2, 0.25) is 0 Å². The zero-order valence-corrected chi connectivity index (χ0v) is 15.4. The van der Waals surface area contributed by atoms with Gasteiger partial charge in [0.15, 0.2) is 11.5 Å². The van der Waals surface area contributed by atoms with E-state index in [4.69, 9.17) is 14.2 Å². The van der Waals surface area contributed by atoms with Crippen LogP contribution in [0, 0.1) is 0 Å². The molecule has 8 nitrogen and oxygen atoms in total. The van der Waals surface area contributed by atoms with Gasteiger partial charge in [-0.15, -0.1) is 0 Å². The van der Waals surface area contributed by atoms with E-state index >= 15 is 0 Å². The normalized spacial score (nSPS) is 11.3. The molecule has 0 radical (unpaired) electrons. The third kappa shape index (κ3) is 4.57. The molecule has 2 rings (SSSR count). The zero-order chi connectivity index (χ0) is 19.2. The molecule has 0 atom stereocenters. The van der Waals surface area contributed by atoms with E-state index in [1.54, 1.807) is 12.1 Å². The summed E-state index contributed by atoms with van der Waals surface area (Å²) in [6, 6.07) is 8.97. The Balaban J connectivity index is 2.16. The first-order valence-corrected chi connectivity index (χ1v) is 9.12. The molecule has 0 aliphatic rings. The van der Waals surface area contributed by atoms with Crippen molar-refractivity contribution in [2.45, 2.75) is 11.8 Å². The number of nitrogens with one attached hydrogen (secondary N) is 1. The summed E-state index contributed by atoms with van der Waals surface area (Å²) in [7, 11) is -1.03. The second-order valence-electron chi connectivity index (χ2n) is 5.03. The van der Waals surface area contributed by atoms with Crippen molar-refractivity contribution in [3.63, 3.8) is 0 Å². The number of phenolic OH excluding ortho intramolecular Hbond substituents is 1. The number of hydrazone groups is 1. The third-order valence-electron chi connectivity index (χ3n) is 3.33. The maximum absolute atomic E-state index is 12.2. The molecule has 0 aromatic heterocycles. The highest BCUT2D eigenvalue weighted by Gasteiger charge is 2.13. The molecule has 2 aromatic rings. The number of aromatic hydroxyl groups is 1. The van der Waals surface area contributed by atoms with Gasteiger partial charge in [0.05, 0.1) is 31.9 Å². The van der Waals surface area contributed by atoms with Crippen molar-refractivity contribution in [1.29, 1.82) is 0 Å². The van der Waals surface area contributed by atoms with Crippen molar-refractivity contribution in [2.24, 2.45) is 5.10 Å². The van der Waals surface area contributed by atoms with E-state index in [9.17, 15) is 13.5 Å². The Morgan fingerprint density at radius 3 is 2.19 bits per heavy atom. The average Bonchev–Trinajstić information content (AvgIpc) is 2.63. The topological polar surface area (TPSA) is 106 Å². The van der Waals surface area contributed by atoms with Gasteiger partial charge in [-0.1, -0.05) is 0 Å². The lowest BCUT2D eigenvalue weighted by atomic mass is 10.2. The molecular weight excluding hydrogens is 360 g/mol. The Hall–Kier alpha value is -2.94. The number of sulfonamides is 1. The van der Waals surface area contributed by atoms with Crippen molar-refractivity contribution < 1.29 is 27.7 Å². The summed E-state index contributed by atoms with van der Waals surface area (Å²) in [5.41, 5.74) is 0.478. The van der Waals surface area contributed by atoms with E-state index in [1.807, 2.05) is 6.92 Å². The minimum atomic E-state index is -3.82. The number of methoxy groups -OCH3 is 2. The van der Waals surface area contributed by atoms with Crippen LogP contribution in [0.4, 0.5) is 0 Å². The molecule has 9 heteroatoms. The summed E-state index contributed by atoms with van der Waals surface area (Å²) in [5.74, 6) is 0.792. The maximum atomic E-state index is 12.2. The van der Waals surface area contributed by atoms with Crippen LogP contribution in [0.1, 0.15) is 12.5 Å². The molecule has 0 saturated heterocycles. The monoisotopic (exact) mass is 380 g/mol. The highest BCUT2D eigenvalue weighted by atomic mass is 32.2. The summed E-state index contributed by atoms with van der Waals surface area (Å²) in [6.45, 7) is 2.34. The SMILES string of the molecule is CCOc1ccc(S(=O)(=O)N/N=C\c2cc(OC)c(O)c(OC)c2)cc1. The van der Waals surface area contributed by atoms with Gasteiger partial charge in [-0.2, -0.15) is 13.5 Å². The van der Waals surface area contributed by atoms with Gasteiger partial charge in [0.2, 0.25) is 5.75 Å². The number of hydrogen-bond donors (Lipinski definition) is 2. The Morgan fingerprint density at radius 2 is 1.69 bits per heavy atom. The van der Waals surface area contributed by atoms with Crippen molar-refractivity contribution in [1.82, 2.24) is 4.83 Å². The van der Waals surface area contributed by atoms with Crippen molar-refractivity contribution in [3.05, 3.63) is 42.0 Å². The average molecular weight is 380 g/mol. The van der Waals surface area contributed by atoms with E-state index in [2.05, 4.69) is 9.93 Å². The molecule has 0 amide bonds. The van der Waals surface area contributed by atoms with Gasteiger partial charge < -0.3 is 19.3 Å². The van der Waals surface area contributed by atoms with Crippen molar-refractivity contribution >= 4 is 16.2 Å². The summed E-state index contributed by atoms with van der Waals surface area (Å²) in [4.78, 5) is 2.18. The molecule has 140 valence electrons. The van der Waals surface area contributed by atoms with Gasteiger partial charge >= 0.3 is 0 Å². The highest BCUT2D eigenvalue weighted by molar-refractivity contribution is 7.89. The first kappa shape index (κ1) is 19.4. The zero-order valence-electron chi connectivity index (χ0n) is 14.6. The highest BCUT2D eigenvalue weighted by Crippen LogP contribution is 2.36. The molecular formula is C17H20N2O6S. The first-order valence-electron chi connectivity index (χ1n) is 7.64. The number of ether oxygens (including phenoxy) is 3. The molecule has 0 bridgehead atoms. The van der Waals surface area contributed by atoms with Crippen LogP contribution in [0.25, 0.3) is 0 Å². The van der Waals surface area contributed by atoms with Gasteiger partial charge in [0, 0.05) is 5.56 Å². The standard InChI is InChI=1S/C17H20N2O6S/c1-4-25-13-5-7-14(8-6-13)26(21,22)19-18-11-12-9-15(23-2)17(20)16(10-12)24-3/h5-11,19-20H,4H2,1-3H3/b18-11-. The fourth-order valence-electron chi connectivity index (χ4n) is 2.09. The Morgan fingerprint density at radius 1 is 1.12 bits per heavy atom. The maximum Gasteiger partial charge on any atom is 0.276 e. The Bertz CT molecular complexity index is 854. The van der Waals surface area contributed by atoms with Crippen LogP contribution >= 0.6 is 0 Å². The fourth-order valence-corrected chi connectivity index (χ4v) is 2.88. The minimum Gasteiger partial charge on any atom is -0.502 e.